The average molecular weight is 430 g/mol. The first-order valence-electron chi connectivity index (χ1n) is 10.7. The first-order valence-corrected chi connectivity index (χ1v) is 10.7. The van der Waals surface area contributed by atoms with E-state index in [0.717, 1.165) is 18.8 Å². The number of hydrogen-bond donors (Lipinski definition) is 3. The molecule has 5 N–H and O–H groups in total. The zero-order valence-electron chi connectivity index (χ0n) is 17.8. The smallest absolute Gasteiger partial charge is 0.255 e. The van der Waals surface area contributed by atoms with E-state index in [1.54, 1.807) is 24.3 Å². The average Bonchev–Trinajstić information content (AvgIpc) is 2.85. The maximum atomic E-state index is 13.1. The van der Waals surface area contributed by atoms with Crippen LogP contribution in [0.1, 0.15) is 35.2 Å². The number of amidine groups is 1. The topological polar surface area (TPSA) is 106 Å². The number of nitrogens with two attached hydrogens (primary N) is 2. The molecule has 0 atom stereocenters. The van der Waals surface area contributed by atoms with Crippen LogP contribution < -0.4 is 26.5 Å². The SMILES string of the molecule is N/N=C(\N)c1ccc(Oc2ccccc2)cc1NC(=O)c1cccc(N2CCCCC2)c1. The van der Waals surface area contributed by atoms with E-state index in [9.17, 15) is 4.79 Å². The number of nitrogens with one attached hydrogen (secondary N) is 1. The Balaban J connectivity index is 1.59. The Bertz CT molecular complexity index is 1110. The lowest BCUT2D eigenvalue weighted by Crippen LogP contribution is -2.29. The van der Waals surface area contributed by atoms with E-state index in [2.05, 4.69) is 15.3 Å². The molecule has 1 aliphatic rings. The van der Waals surface area contributed by atoms with Crippen molar-refractivity contribution in [2.75, 3.05) is 23.3 Å². The molecule has 0 spiro atoms. The highest BCUT2D eigenvalue weighted by Crippen LogP contribution is 2.28. The van der Waals surface area contributed by atoms with Gasteiger partial charge in [0.2, 0.25) is 0 Å². The Kier molecular flexibility index (Phi) is 6.55. The maximum absolute atomic E-state index is 13.1. The van der Waals surface area contributed by atoms with Crippen molar-refractivity contribution in [3.8, 4) is 11.5 Å². The number of piperidine rings is 1. The summed E-state index contributed by atoms with van der Waals surface area (Å²) in [6.45, 7) is 2.02. The van der Waals surface area contributed by atoms with E-state index in [-0.39, 0.29) is 11.7 Å². The van der Waals surface area contributed by atoms with Crippen molar-refractivity contribution in [2.45, 2.75) is 19.3 Å². The summed E-state index contributed by atoms with van der Waals surface area (Å²) in [6.07, 6.45) is 3.60. The van der Waals surface area contributed by atoms with Crippen LogP contribution in [0.4, 0.5) is 11.4 Å². The van der Waals surface area contributed by atoms with Gasteiger partial charge in [-0.05, 0) is 61.7 Å². The molecule has 0 bridgehead atoms. The van der Waals surface area contributed by atoms with Gasteiger partial charge in [0.15, 0.2) is 5.84 Å². The lowest BCUT2D eigenvalue weighted by molar-refractivity contribution is 0.102. The summed E-state index contributed by atoms with van der Waals surface area (Å²) in [5.41, 5.74) is 8.58. The quantitative estimate of drug-likeness (QED) is 0.234. The fourth-order valence-electron chi connectivity index (χ4n) is 3.80. The van der Waals surface area contributed by atoms with Crippen molar-refractivity contribution >= 4 is 23.1 Å². The number of carbonyl (C=O) groups is 1. The summed E-state index contributed by atoms with van der Waals surface area (Å²) in [6, 6.07) is 22.3. The molecule has 1 fully saturated rings. The van der Waals surface area contributed by atoms with Gasteiger partial charge in [-0.3, -0.25) is 4.79 Å². The molecule has 4 rings (SSSR count). The van der Waals surface area contributed by atoms with Gasteiger partial charge in [0, 0.05) is 36.0 Å². The Morgan fingerprint density at radius 1 is 0.906 bits per heavy atom. The number of nitrogens with zero attached hydrogens (tertiary/aromatic N) is 2. The van der Waals surface area contributed by atoms with E-state index in [1.165, 1.54) is 19.3 Å². The molecule has 0 saturated carbocycles. The van der Waals surface area contributed by atoms with Gasteiger partial charge in [0.25, 0.3) is 5.91 Å². The molecule has 1 amide bonds. The molecule has 7 heteroatoms. The summed E-state index contributed by atoms with van der Waals surface area (Å²) in [5, 5.41) is 6.53. The second-order valence-corrected chi connectivity index (χ2v) is 7.69. The van der Waals surface area contributed by atoms with E-state index < -0.39 is 0 Å². The first-order chi connectivity index (χ1) is 15.6. The van der Waals surface area contributed by atoms with Crippen LogP contribution in [0.5, 0.6) is 11.5 Å². The zero-order valence-corrected chi connectivity index (χ0v) is 17.8. The lowest BCUT2D eigenvalue weighted by atomic mass is 10.1. The van der Waals surface area contributed by atoms with Crippen LogP contribution >= 0.6 is 0 Å². The monoisotopic (exact) mass is 429 g/mol. The fraction of sp³-hybridized carbons (Fsp3) is 0.200. The minimum absolute atomic E-state index is 0.119. The normalized spacial score (nSPS) is 14.1. The largest absolute Gasteiger partial charge is 0.457 e. The number of para-hydroxylation sites is 1. The van der Waals surface area contributed by atoms with Gasteiger partial charge in [0.1, 0.15) is 11.5 Å². The van der Waals surface area contributed by atoms with Gasteiger partial charge in [-0.25, -0.2) is 0 Å². The van der Waals surface area contributed by atoms with Gasteiger partial charge in [-0.1, -0.05) is 24.3 Å². The van der Waals surface area contributed by atoms with Gasteiger partial charge in [-0.15, -0.1) is 0 Å². The summed E-state index contributed by atoms with van der Waals surface area (Å²) < 4.78 is 5.90. The second-order valence-electron chi connectivity index (χ2n) is 7.69. The van der Waals surface area contributed by atoms with E-state index in [4.69, 9.17) is 16.3 Å². The van der Waals surface area contributed by atoms with Crippen LogP contribution in [0.2, 0.25) is 0 Å². The summed E-state index contributed by atoms with van der Waals surface area (Å²) >= 11 is 0. The molecule has 3 aromatic rings. The third-order valence-corrected chi connectivity index (χ3v) is 5.46. The minimum atomic E-state index is -0.244. The molecule has 164 valence electrons. The molecular formula is C25H27N5O2. The summed E-state index contributed by atoms with van der Waals surface area (Å²) in [7, 11) is 0. The summed E-state index contributed by atoms with van der Waals surface area (Å²) in [5.74, 6) is 6.51. The number of carbonyl (C=O) groups excluding carboxylic acids is 1. The second kappa shape index (κ2) is 9.87. The fourth-order valence-corrected chi connectivity index (χ4v) is 3.80. The first kappa shape index (κ1) is 21.2. The number of anilines is 2. The Morgan fingerprint density at radius 3 is 2.44 bits per heavy atom. The van der Waals surface area contributed by atoms with E-state index >= 15 is 0 Å². The van der Waals surface area contributed by atoms with Gasteiger partial charge < -0.3 is 26.5 Å². The van der Waals surface area contributed by atoms with Crippen molar-refractivity contribution < 1.29 is 9.53 Å². The molecule has 1 saturated heterocycles. The van der Waals surface area contributed by atoms with Crippen molar-refractivity contribution in [2.24, 2.45) is 16.7 Å². The van der Waals surface area contributed by atoms with Crippen LogP contribution in [-0.2, 0) is 0 Å². The van der Waals surface area contributed by atoms with Crippen molar-refractivity contribution in [3.63, 3.8) is 0 Å². The molecule has 0 aromatic heterocycles. The highest BCUT2D eigenvalue weighted by molar-refractivity contribution is 6.10. The van der Waals surface area contributed by atoms with Crippen molar-refractivity contribution in [3.05, 3.63) is 83.9 Å². The van der Waals surface area contributed by atoms with Crippen LogP contribution in [-0.4, -0.2) is 24.8 Å². The van der Waals surface area contributed by atoms with E-state index in [0.29, 0.717) is 28.3 Å². The number of benzene rings is 3. The van der Waals surface area contributed by atoms with E-state index in [1.807, 2.05) is 48.5 Å². The Hall–Kier alpha value is -4.00. The molecule has 0 aliphatic carbocycles. The van der Waals surface area contributed by atoms with Crippen LogP contribution in [0.25, 0.3) is 0 Å². The predicted molar refractivity (Wildman–Crippen MR) is 128 cm³/mol. The predicted octanol–water partition coefficient (Wildman–Crippen LogP) is 4.30. The van der Waals surface area contributed by atoms with Gasteiger partial charge >= 0.3 is 0 Å². The Labute approximate surface area is 187 Å². The van der Waals surface area contributed by atoms with Crippen molar-refractivity contribution in [1.29, 1.82) is 0 Å². The zero-order chi connectivity index (χ0) is 22.3. The minimum Gasteiger partial charge on any atom is -0.457 e. The van der Waals surface area contributed by atoms with Crippen LogP contribution in [0, 0.1) is 0 Å². The molecule has 0 unspecified atom stereocenters. The molecule has 3 aromatic carbocycles. The molecule has 0 radical (unpaired) electrons. The highest BCUT2D eigenvalue weighted by atomic mass is 16.5. The Morgan fingerprint density at radius 2 is 1.69 bits per heavy atom. The van der Waals surface area contributed by atoms with Gasteiger partial charge in [0.05, 0.1) is 5.69 Å². The highest BCUT2D eigenvalue weighted by Gasteiger charge is 2.16. The number of hydrazone groups is 1. The number of ether oxygens (including phenoxy) is 1. The number of hydrogen-bond acceptors (Lipinski definition) is 5. The molecule has 1 aliphatic heterocycles. The summed E-state index contributed by atoms with van der Waals surface area (Å²) in [4.78, 5) is 15.4. The molecule has 1 heterocycles. The van der Waals surface area contributed by atoms with Crippen LogP contribution in [0.15, 0.2) is 77.9 Å². The standard InChI is InChI=1S/C25H27N5O2/c26-24(29-27)22-13-12-21(32-20-10-3-1-4-11-20)17-23(22)28-25(31)18-8-7-9-19(16-18)30-14-5-2-6-15-30/h1,3-4,7-13,16-17H,2,5-6,14-15,27H2,(H2,26,29)(H,28,31). The van der Waals surface area contributed by atoms with Crippen LogP contribution in [0.3, 0.4) is 0 Å². The van der Waals surface area contributed by atoms with Gasteiger partial charge in [-0.2, -0.15) is 5.10 Å². The van der Waals surface area contributed by atoms with Crippen molar-refractivity contribution in [1.82, 2.24) is 0 Å². The third kappa shape index (κ3) is 5.00. The molecule has 7 nitrogen and oxygen atoms in total. The molecule has 32 heavy (non-hydrogen) atoms. The maximum Gasteiger partial charge on any atom is 0.255 e. The third-order valence-electron chi connectivity index (χ3n) is 5.46. The lowest BCUT2D eigenvalue weighted by Gasteiger charge is -2.29. The molecular weight excluding hydrogens is 402 g/mol. The number of rotatable bonds is 6. The number of amides is 1.